The molecule has 0 bridgehead atoms. The fourth-order valence-corrected chi connectivity index (χ4v) is 2.27. The number of carbonyl (C=O) groups is 2. The van der Waals surface area contributed by atoms with Gasteiger partial charge >= 0.3 is 5.97 Å². The molecule has 130 valence electrons. The van der Waals surface area contributed by atoms with Gasteiger partial charge in [-0.15, -0.1) is 0 Å². The van der Waals surface area contributed by atoms with Crippen molar-refractivity contribution < 1.29 is 24.2 Å². The van der Waals surface area contributed by atoms with Gasteiger partial charge in [-0.3, -0.25) is 4.79 Å². The largest absolute Gasteiger partial charge is 0.496 e. The number of methoxy groups -OCH3 is 1. The SMILES string of the molecule is COc1ccc(Br)cc1C(=O)N/N=C\c1cccc(OCC(=O)O)c1. The number of hydrogen-bond donors (Lipinski definition) is 2. The summed E-state index contributed by atoms with van der Waals surface area (Å²) in [6, 6.07) is 11.7. The van der Waals surface area contributed by atoms with Crippen LogP contribution in [0.2, 0.25) is 0 Å². The highest BCUT2D eigenvalue weighted by Gasteiger charge is 2.11. The van der Waals surface area contributed by atoms with Crippen LogP contribution in [0.25, 0.3) is 0 Å². The lowest BCUT2D eigenvalue weighted by atomic mass is 10.2. The maximum absolute atomic E-state index is 12.2. The van der Waals surface area contributed by atoms with Crippen LogP contribution in [-0.2, 0) is 4.79 Å². The number of carbonyl (C=O) groups excluding carboxylic acids is 1. The Morgan fingerprint density at radius 1 is 1.28 bits per heavy atom. The van der Waals surface area contributed by atoms with E-state index in [4.69, 9.17) is 14.6 Å². The standard InChI is InChI=1S/C17H15BrN2O5/c1-24-15-6-5-12(18)8-14(15)17(23)20-19-9-11-3-2-4-13(7-11)25-10-16(21)22/h2-9H,10H2,1H3,(H,20,23)(H,21,22)/b19-9-. The van der Waals surface area contributed by atoms with Gasteiger partial charge in [-0.1, -0.05) is 28.1 Å². The molecule has 0 fully saturated rings. The molecular weight excluding hydrogens is 392 g/mol. The summed E-state index contributed by atoms with van der Waals surface area (Å²) in [5, 5.41) is 12.5. The van der Waals surface area contributed by atoms with Gasteiger partial charge in [-0.25, -0.2) is 10.2 Å². The number of amides is 1. The second-order valence-corrected chi connectivity index (χ2v) is 5.71. The van der Waals surface area contributed by atoms with E-state index in [-0.39, 0.29) is 0 Å². The monoisotopic (exact) mass is 406 g/mol. The number of nitrogens with one attached hydrogen (secondary N) is 1. The van der Waals surface area contributed by atoms with Gasteiger partial charge in [0.15, 0.2) is 6.61 Å². The Kier molecular flexibility index (Phi) is 6.53. The van der Waals surface area contributed by atoms with Crippen molar-refractivity contribution in [1.82, 2.24) is 5.43 Å². The van der Waals surface area contributed by atoms with E-state index in [0.717, 1.165) is 4.47 Å². The van der Waals surface area contributed by atoms with E-state index in [1.807, 2.05) is 0 Å². The summed E-state index contributed by atoms with van der Waals surface area (Å²) in [5.41, 5.74) is 3.40. The molecule has 2 aromatic rings. The highest BCUT2D eigenvalue weighted by atomic mass is 79.9. The zero-order valence-corrected chi connectivity index (χ0v) is 14.8. The predicted octanol–water partition coefficient (Wildman–Crippen LogP) is 2.69. The Bertz CT molecular complexity index is 807. The molecule has 2 N–H and O–H groups in total. The molecule has 8 heteroatoms. The van der Waals surface area contributed by atoms with Crippen LogP contribution in [0.4, 0.5) is 0 Å². The molecular formula is C17H15BrN2O5. The van der Waals surface area contributed by atoms with Crippen LogP contribution >= 0.6 is 15.9 Å². The van der Waals surface area contributed by atoms with Crippen molar-refractivity contribution >= 4 is 34.0 Å². The van der Waals surface area contributed by atoms with Crippen LogP contribution in [0.5, 0.6) is 11.5 Å². The fourth-order valence-electron chi connectivity index (χ4n) is 1.91. The minimum Gasteiger partial charge on any atom is -0.496 e. The molecule has 0 saturated heterocycles. The lowest BCUT2D eigenvalue weighted by molar-refractivity contribution is -0.139. The highest BCUT2D eigenvalue weighted by molar-refractivity contribution is 9.10. The van der Waals surface area contributed by atoms with Crippen LogP contribution in [0.1, 0.15) is 15.9 Å². The van der Waals surface area contributed by atoms with E-state index in [2.05, 4.69) is 26.5 Å². The van der Waals surface area contributed by atoms with Crippen LogP contribution in [0.15, 0.2) is 52.0 Å². The zero-order chi connectivity index (χ0) is 18.2. The molecule has 0 radical (unpaired) electrons. The fraction of sp³-hybridized carbons (Fsp3) is 0.118. The van der Waals surface area contributed by atoms with Gasteiger partial charge in [0.25, 0.3) is 5.91 Å². The Hall–Kier alpha value is -2.87. The molecule has 0 aliphatic rings. The number of halogens is 1. The molecule has 7 nitrogen and oxygen atoms in total. The number of hydrogen-bond acceptors (Lipinski definition) is 5. The number of rotatable bonds is 7. The summed E-state index contributed by atoms with van der Waals surface area (Å²) in [6.45, 7) is -0.431. The average Bonchev–Trinajstić information content (AvgIpc) is 2.60. The van der Waals surface area contributed by atoms with Crippen molar-refractivity contribution in [1.29, 1.82) is 0 Å². The average molecular weight is 407 g/mol. The lowest BCUT2D eigenvalue weighted by Gasteiger charge is -2.07. The smallest absolute Gasteiger partial charge is 0.341 e. The van der Waals surface area contributed by atoms with Gasteiger partial charge in [-0.2, -0.15) is 5.10 Å². The topological polar surface area (TPSA) is 97.2 Å². The Morgan fingerprint density at radius 3 is 2.80 bits per heavy atom. The first-order valence-electron chi connectivity index (χ1n) is 7.11. The molecule has 2 rings (SSSR count). The molecule has 0 aromatic heterocycles. The number of hydrazone groups is 1. The van der Waals surface area contributed by atoms with Gasteiger partial charge in [0.2, 0.25) is 0 Å². The van der Waals surface area contributed by atoms with E-state index in [1.165, 1.54) is 13.3 Å². The van der Waals surface area contributed by atoms with Crippen molar-refractivity contribution in [3.05, 3.63) is 58.1 Å². The number of nitrogens with zero attached hydrogens (tertiary/aromatic N) is 1. The van der Waals surface area contributed by atoms with Crippen molar-refractivity contribution in [3.63, 3.8) is 0 Å². The zero-order valence-electron chi connectivity index (χ0n) is 13.2. The van der Waals surface area contributed by atoms with E-state index in [9.17, 15) is 9.59 Å². The van der Waals surface area contributed by atoms with Crippen LogP contribution in [-0.4, -0.2) is 36.9 Å². The van der Waals surface area contributed by atoms with E-state index >= 15 is 0 Å². The van der Waals surface area contributed by atoms with Gasteiger partial charge in [0.1, 0.15) is 11.5 Å². The molecule has 0 saturated carbocycles. The van der Waals surface area contributed by atoms with Crippen molar-refractivity contribution in [2.24, 2.45) is 5.10 Å². The molecule has 0 aliphatic heterocycles. The maximum atomic E-state index is 12.2. The summed E-state index contributed by atoms with van der Waals surface area (Å²) in [4.78, 5) is 22.7. The van der Waals surface area contributed by atoms with Crippen LogP contribution < -0.4 is 14.9 Å². The molecule has 2 aromatic carbocycles. The van der Waals surface area contributed by atoms with Gasteiger partial charge in [-0.05, 0) is 35.9 Å². The number of carboxylic acids is 1. The lowest BCUT2D eigenvalue weighted by Crippen LogP contribution is -2.18. The minimum atomic E-state index is -1.06. The first kappa shape index (κ1) is 18.5. The van der Waals surface area contributed by atoms with E-state index in [1.54, 1.807) is 42.5 Å². The summed E-state index contributed by atoms with van der Waals surface area (Å²) in [7, 11) is 1.48. The van der Waals surface area contributed by atoms with E-state index in [0.29, 0.717) is 22.6 Å². The van der Waals surface area contributed by atoms with Gasteiger partial charge in [0, 0.05) is 4.47 Å². The van der Waals surface area contributed by atoms with Crippen LogP contribution in [0, 0.1) is 0 Å². The Balaban J connectivity index is 2.03. The quantitative estimate of drug-likeness (QED) is 0.544. The van der Waals surface area contributed by atoms with Crippen molar-refractivity contribution in [3.8, 4) is 11.5 Å². The molecule has 0 spiro atoms. The first-order chi connectivity index (χ1) is 12.0. The Labute approximate surface area is 152 Å². The maximum Gasteiger partial charge on any atom is 0.341 e. The van der Waals surface area contributed by atoms with Gasteiger partial charge in [0.05, 0.1) is 18.9 Å². The molecule has 0 unspecified atom stereocenters. The third-order valence-electron chi connectivity index (χ3n) is 3.01. The van der Waals surface area contributed by atoms with E-state index < -0.39 is 18.5 Å². The predicted molar refractivity (Wildman–Crippen MR) is 95.3 cm³/mol. The second kappa shape index (κ2) is 8.84. The first-order valence-corrected chi connectivity index (χ1v) is 7.90. The number of carboxylic acid groups (broad SMARTS) is 1. The molecule has 1 amide bonds. The van der Waals surface area contributed by atoms with Gasteiger partial charge < -0.3 is 14.6 Å². The number of ether oxygens (including phenoxy) is 2. The minimum absolute atomic E-state index is 0.340. The van der Waals surface area contributed by atoms with Crippen molar-refractivity contribution in [2.45, 2.75) is 0 Å². The molecule has 0 aliphatic carbocycles. The summed E-state index contributed by atoms with van der Waals surface area (Å²) in [5.74, 6) is -0.659. The third kappa shape index (κ3) is 5.61. The number of aliphatic carboxylic acids is 1. The summed E-state index contributed by atoms with van der Waals surface area (Å²) in [6.07, 6.45) is 1.43. The van der Waals surface area contributed by atoms with Crippen molar-refractivity contribution in [2.75, 3.05) is 13.7 Å². The third-order valence-corrected chi connectivity index (χ3v) is 3.50. The molecule has 0 atom stereocenters. The molecule has 25 heavy (non-hydrogen) atoms. The van der Waals surface area contributed by atoms with Crippen LogP contribution in [0.3, 0.4) is 0 Å². The normalized spacial score (nSPS) is 10.5. The molecule has 0 heterocycles. The second-order valence-electron chi connectivity index (χ2n) is 4.80. The Morgan fingerprint density at radius 2 is 2.08 bits per heavy atom. The summed E-state index contributed by atoms with van der Waals surface area (Å²) >= 11 is 3.30. The number of benzene rings is 2. The highest BCUT2D eigenvalue weighted by Crippen LogP contribution is 2.22. The summed E-state index contributed by atoms with van der Waals surface area (Å²) < 4.78 is 11.0.